The van der Waals surface area contributed by atoms with E-state index in [0.717, 1.165) is 16.7 Å². The summed E-state index contributed by atoms with van der Waals surface area (Å²) in [7, 11) is 1.58. The molecule has 0 atom stereocenters. The number of aromatic hydroxyl groups is 1. The van der Waals surface area contributed by atoms with Crippen LogP contribution in [0.1, 0.15) is 26.3 Å². The Morgan fingerprint density at radius 1 is 1.17 bits per heavy atom. The molecule has 0 amide bonds. The van der Waals surface area contributed by atoms with E-state index in [0.29, 0.717) is 5.75 Å². The van der Waals surface area contributed by atoms with Crippen molar-refractivity contribution in [3.05, 3.63) is 34.5 Å². The van der Waals surface area contributed by atoms with E-state index in [-0.39, 0.29) is 11.2 Å². The van der Waals surface area contributed by atoms with Crippen LogP contribution in [0.4, 0.5) is 0 Å². The molecule has 0 radical (unpaired) electrons. The lowest BCUT2D eigenvalue weighted by Gasteiger charge is -2.25. The van der Waals surface area contributed by atoms with E-state index in [1.807, 2.05) is 17.5 Å². The molecular formula is C15H18O2S. The Bertz CT molecular complexity index is 536. The van der Waals surface area contributed by atoms with Gasteiger partial charge >= 0.3 is 0 Å². The third-order valence-electron chi connectivity index (χ3n) is 2.94. The molecule has 2 rings (SSSR count). The van der Waals surface area contributed by atoms with Crippen molar-refractivity contribution in [2.24, 2.45) is 0 Å². The van der Waals surface area contributed by atoms with Crippen LogP contribution in [0.3, 0.4) is 0 Å². The van der Waals surface area contributed by atoms with Gasteiger partial charge in [-0.25, -0.2) is 0 Å². The van der Waals surface area contributed by atoms with E-state index < -0.39 is 0 Å². The largest absolute Gasteiger partial charge is 0.504 e. The SMILES string of the molecule is COc1ccc(-c2ccsc2)c(C(C)(C)C)c1O. The summed E-state index contributed by atoms with van der Waals surface area (Å²) in [6.07, 6.45) is 0. The van der Waals surface area contributed by atoms with Crippen molar-refractivity contribution in [2.75, 3.05) is 7.11 Å². The topological polar surface area (TPSA) is 29.5 Å². The first-order chi connectivity index (χ1) is 8.45. The number of phenolic OH excluding ortho intramolecular Hbond substituents is 1. The highest BCUT2D eigenvalue weighted by Crippen LogP contribution is 2.44. The maximum absolute atomic E-state index is 10.4. The number of methoxy groups -OCH3 is 1. The van der Waals surface area contributed by atoms with Crippen LogP contribution in [-0.4, -0.2) is 12.2 Å². The van der Waals surface area contributed by atoms with Crippen molar-refractivity contribution in [3.8, 4) is 22.6 Å². The number of ether oxygens (including phenoxy) is 1. The average Bonchev–Trinajstić information content (AvgIpc) is 2.80. The summed E-state index contributed by atoms with van der Waals surface area (Å²) in [4.78, 5) is 0. The van der Waals surface area contributed by atoms with Crippen LogP contribution in [-0.2, 0) is 5.41 Å². The molecule has 1 N–H and O–H groups in total. The molecule has 2 aromatic rings. The third kappa shape index (κ3) is 2.23. The molecule has 0 spiro atoms. The van der Waals surface area contributed by atoms with E-state index in [2.05, 4.69) is 32.2 Å². The number of thiophene rings is 1. The maximum Gasteiger partial charge on any atom is 0.162 e. The Kier molecular flexibility index (Phi) is 3.35. The van der Waals surface area contributed by atoms with Gasteiger partial charge in [0, 0.05) is 5.56 Å². The van der Waals surface area contributed by atoms with E-state index in [1.165, 1.54) is 0 Å². The van der Waals surface area contributed by atoms with Gasteiger partial charge in [-0.2, -0.15) is 11.3 Å². The first-order valence-electron chi connectivity index (χ1n) is 5.88. The molecular weight excluding hydrogens is 244 g/mol. The quantitative estimate of drug-likeness (QED) is 0.867. The minimum absolute atomic E-state index is 0.143. The van der Waals surface area contributed by atoms with Crippen molar-refractivity contribution >= 4 is 11.3 Å². The highest BCUT2D eigenvalue weighted by Gasteiger charge is 2.25. The van der Waals surface area contributed by atoms with Gasteiger partial charge < -0.3 is 9.84 Å². The highest BCUT2D eigenvalue weighted by atomic mass is 32.1. The highest BCUT2D eigenvalue weighted by molar-refractivity contribution is 7.08. The molecule has 2 nitrogen and oxygen atoms in total. The van der Waals surface area contributed by atoms with E-state index in [4.69, 9.17) is 4.74 Å². The van der Waals surface area contributed by atoms with Gasteiger partial charge in [0.05, 0.1) is 7.11 Å². The van der Waals surface area contributed by atoms with Crippen molar-refractivity contribution in [2.45, 2.75) is 26.2 Å². The molecule has 96 valence electrons. The molecule has 1 aromatic heterocycles. The maximum atomic E-state index is 10.4. The number of rotatable bonds is 2. The van der Waals surface area contributed by atoms with Gasteiger partial charge in [-0.05, 0) is 39.4 Å². The lowest BCUT2D eigenvalue weighted by molar-refractivity contribution is 0.364. The Hall–Kier alpha value is -1.48. The molecule has 0 aliphatic heterocycles. The molecule has 0 fully saturated rings. The minimum atomic E-state index is -0.143. The summed E-state index contributed by atoms with van der Waals surface area (Å²) in [5.41, 5.74) is 3.00. The van der Waals surface area contributed by atoms with Crippen LogP contribution in [0, 0.1) is 0 Å². The lowest BCUT2D eigenvalue weighted by Crippen LogP contribution is -2.13. The van der Waals surface area contributed by atoms with E-state index in [9.17, 15) is 5.11 Å². The van der Waals surface area contributed by atoms with Crippen LogP contribution in [0.5, 0.6) is 11.5 Å². The number of benzene rings is 1. The van der Waals surface area contributed by atoms with Crippen molar-refractivity contribution in [3.63, 3.8) is 0 Å². The molecule has 0 saturated carbocycles. The number of phenols is 1. The Labute approximate surface area is 112 Å². The molecule has 0 aliphatic rings. The predicted molar refractivity (Wildman–Crippen MR) is 76.7 cm³/mol. The van der Waals surface area contributed by atoms with Gasteiger partial charge in [-0.3, -0.25) is 0 Å². The Morgan fingerprint density at radius 3 is 2.39 bits per heavy atom. The Morgan fingerprint density at radius 2 is 1.89 bits per heavy atom. The molecule has 0 bridgehead atoms. The summed E-state index contributed by atoms with van der Waals surface area (Å²) >= 11 is 1.66. The number of hydrogen-bond acceptors (Lipinski definition) is 3. The fourth-order valence-electron chi connectivity index (χ4n) is 2.15. The molecule has 0 unspecified atom stereocenters. The summed E-state index contributed by atoms with van der Waals surface area (Å²) < 4.78 is 5.21. The van der Waals surface area contributed by atoms with Crippen molar-refractivity contribution < 1.29 is 9.84 Å². The summed E-state index contributed by atoms with van der Waals surface area (Å²) in [6.45, 7) is 6.28. The zero-order valence-corrected chi connectivity index (χ0v) is 12.0. The summed E-state index contributed by atoms with van der Waals surface area (Å²) in [6, 6.07) is 5.90. The molecule has 18 heavy (non-hydrogen) atoms. The van der Waals surface area contributed by atoms with Gasteiger partial charge in [0.15, 0.2) is 11.5 Å². The van der Waals surface area contributed by atoms with Gasteiger partial charge in [-0.15, -0.1) is 0 Å². The third-order valence-corrected chi connectivity index (χ3v) is 3.63. The van der Waals surface area contributed by atoms with Crippen LogP contribution in [0.15, 0.2) is 29.0 Å². The molecule has 0 saturated heterocycles. The van der Waals surface area contributed by atoms with Gasteiger partial charge in [0.1, 0.15) is 0 Å². The zero-order valence-electron chi connectivity index (χ0n) is 11.2. The summed E-state index contributed by atoms with van der Waals surface area (Å²) in [5.74, 6) is 0.771. The summed E-state index contributed by atoms with van der Waals surface area (Å²) in [5, 5.41) is 14.5. The van der Waals surface area contributed by atoms with Crippen molar-refractivity contribution in [1.82, 2.24) is 0 Å². The monoisotopic (exact) mass is 262 g/mol. The first kappa shape index (κ1) is 13.0. The van der Waals surface area contributed by atoms with Gasteiger partial charge in [-0.1, -0.05) is 26.8 Å². The van der Waals surface area contributed by atoms with Crippen LogP contribution < -0.4 is 4.74 Å². The number of hydrogen-bond donors (Lipinski definition) is 1. The molecule has 1 heterocycles. The van der Waals surface area contributed by atoms with Crippen LogP contribution in [0.25, 0.3) is 11.1 Å². The van der Waals surface area contributed by atoms with E-state index in [1.54, 1.807) is 18.4 Å². The van der Waals surface area contributed by atoms with Crippen LogP contribution >= 0.6 is 11.3 Å². The molecule has 0 aliphatic carbocycles. The average molecular weight is 262 g/mol. The molecule has 1 aromatic carbocycles. The lowest BCUT2D eigenvalue weighted by atomic mass is 9.81. The van der Waals surface area contributed by atoms with Gasteiger partial charge in [0.2, 0.25) is 0 Å². The first-order valence-corrected chi connectivity index (χ1v) is 6.82. The normalized spacial score (nSPS) is 11.6. The second-order valence-corrected chi connectivity index (χ2v) is 6.08. The zero-order chi connectivity index (χ0) is 13.3. The van der Waals surface area contributed by atoms with E-state index >= 15 is 0 Å². The molecule has 3 heteroatoms. The van der Waals surface area contributed by atoms with Crippen molar-refractivity contribution in [1.29, 1.82) is 0 Å². The minimum Gasteiger partial charge on any atom is -0.504 e. The second-order valence-electron chi connectivity index (χ2n) is 5.30. The van der Waals surface area contributed by atoms with Gasteiger partial charge in [0.25, 0.3) is 0 Å². The fraction of sp³-hybridized carbons (Fsp3) is 0.333. The predicted octanol–water partition coefficient (Wildman–Crippen LogP) is 4.43. The standard InChI is InChI=1S/C15H18O2S/c1-15(2,3)13-11(10-7-8-18-9-10)5-6-12(17-4)14(13)16/h5-9,16H,1-4H3. The second kappa shape index (κ2) is 4.65. The smallest absolute Gasteiger partial charge is 0.162 e. The fourth-order valence-corrected chi connectivity index (χ4v) is 2.81. The Balaban J connectivity index is 2.71. The van der Waals surface area contributed by atoms with Crippen LogP contribution in [0.2, 0.25) is 0 Å².